The van der Waals surface area contributed by atoms with Gasteiger partial charge in [-0.25, -0.2) is 0 Å². The number of nitrogens with zero attached hydrogens (tertiary/aromatic N) is 4. The molecule has 2 heterocycles. The molecule has 0 aliphatic rings. The lowest BCUT2D eigenvalue weighted by atomic mass is 9.92. The van der Waals surface area contributed by atoms with E-state index >= 15 is 0 Å². The van der Waals surface area contributed by atoms with Gasteiger partial charge < -0.3 is 9.13 Å². The van der Waals surface area contributed by atoms with Crippen molar-refractivity contribution in [1.82, 2.24) is 9.13 Å². The number of rotatable bonds is 8. The normalized spacial score (nSPS) is 11.3. The van der Waals surface area contributed by atoms with Crippen LogP contribution < -0.4 is 0 Å². The van der Waals surface area contributed by atoms with Gasteiger partial charge in [0.2, 0.25) is 0 Å². The van der Waals surface area contributed by atoms with Gasteiger partial charge in [-0.1, -0.05) is 200 Å². The zero-order chi connectivity index (χ0) is 48.1. The van der Waals surface area contributed by atoms with E-state index in [9.17, 15) is 10.5 Å². The minimum Gasteiger partial charge on any atom is -0.308 e. The summed E-state index contributed by atoms with van der Waals surface area (Å²) < 4.78 is 4.94. The fourth-order valence-corrected chi connectivity index (χ4v) is 10.7. The number of fused-ring (bicyclic) bond motifs is 6. The van der Waals surface area contributed by atoms with Crippen molar-refractivity contribution in [3.05, 3.63) is 266 Å². The number of hydrogen-bond acceptors (Lipinski definition) is 2. The zero-order valence-corrected chi connectivity index (χ0v) is 39.0. The molecule has 0 atom stereocenters. The van der Waals surface area contributed by atoms with Crippen LogP contribution in [0.25, 0.3) is 122 Å². The van der Waals surface area contributed by atoms with E-state index in [2.05, 4.69) is 252 Å². The highest BCUT2D eigenvalue weighted by Gasteiger charge is 2.26. The second-order valence-corrected chi connectivity index (χ2v) is 18.3. The lowest BCUT2D eigenvalue weighted by molar-refractivity contribution is 1.14. The summed E-state index contributed by atoms with van der Waals surface area (Å²) in [5.74, 6) is 0. The Morgan fingerprint density at radius 3 is 0.931 bits per heavy atom. The summed E-state index contributed by atoms with van der Waals surface area (Å²) in [6, 6.07) is 95.0. The van der Waals surface area contributed by atoms with Crippen molar-refractivity contribution in [2.75, 3.05) is 0 Å². The minimum absolute atomic E-state index is 0.582. The largest absolute Gasteiger partial charge is 0.308 e. The average Bonchev–Trinajstić information content (AvgIpc) is 3.96. The second kappa shape index (κ2) is 17.5. The van der Waals surface area contributed by atoms with Crippen LogP contribution in [0.5, 0.6) is 0 Å². The average molecular weight is 915 g/mol. The molecule has 2 aromatic heterocycles. The molecule has 0 amide bonds. The molecule has 0 saturated heterocycles. The van der Waals surface area contributed by atoms with Gasteiger partial charge in [0.05, 0.1) is 56.7 Å². The Labute approximate surface area is 417 Å². The maximum atomic E-state index is 10.2. The fraction of sp³-hybridized carbons (Fsp3) is 0. The van der Waals surface area contributed by atoms with Crippen molar-refractivity contribution >= 4 is 43.6 Å². The molecular weight excluding hydrogens is 873 g/mol. The van der Waals surface area contributed by atoms with Crippen molar-refractivity contribution < 1.29 is 0 Å². The highest BCUT2D eigenvalue weighted by Crippen LogP contribution is 2.48. The molecule has 13 rings (SSSR count). The Balaban J connectivity index is 1.23. The Morgan fingerprint density at radius 1 is 0.264 bits per heavy atom. The smallest absolute Gasteiger partial charge is 0.0991 e. The van der Waals surface area contributed by atoms with E-state index < -0.39 is 0 Å². The molecule has 0 aliphatic carbocycles. The van der Waals surface area contributed by atoms with Gasteiger partial charge in [0.15, 0.2) is 0 Å². The fourth-order valence-electron chi connectivity index (χ4n) is 10.7. The van der Waals surface area contributed by atoms with Crippen LogP contribution in [0.3, 0.4) is 0 Å². The lowest BCUT2D eigenvalue weighted by Crippen LogP contribution is -2.06. The van der Waals surface area contributed by atoms with Gasteiger partial charge in [-0.3, -0.25) is 0 Å². The van der Waals surface area contributed by atoms with Gasteiger partial charge in [-0.2, -0.15) is 10.5 Å². The molecule has 0 spiro atoms. The zero-order valence-electron chi connectivity index (χ0n) is 39.0. The Hall–Kier alpha value is -10.0. The van der Waals surface area contributed by atoms with Crippen LogP contribution in [-0.4, -0.2) is 9.13 Å². The molecule has 0 aliphatic heterocycles. The van der Waals surface area contributed by atoms with Gasteiger partial charge >= 0.3 is 0 Å². The van der Waals surface area contributed by atoms with Crippen LogP contribution >= 0.6 is 0 Å². The molecule has 334 valence electrons. The summed E-state index contributed by atoms with van der Waals surface area (Å²) in [7, 11) is 0. The van der Waals surface area contributed by atoms with Gasteiger partial charge in [-0.15, -0.1) is 0 Å². The predicted molar refractivity (Wildman–Crippen MR) is 297 cm³/mol. The van der Waals surface area contributed by atoms with Gasteiger partial charge in [0, 0.05) is 32.7 Å². The molecule has 72 heavy (non-hydrogen) atoms. The number of hydrogen-bond donors (Lipinski definition) is 0. The monoisotopic (exact) mass is 914 g/mol. The molecular formula is C68H42N4. The van der Waals surface area contributed by atoms with E-state index in [4.69, 9.17) is 0 Å². The van der Waals surface area contributed by atoms with E-state index in [1.54, 1.807) is 0 Å². The summed E-state index contributed by atoms with van der Waals surface area (Å²) in [6.45, 7) is 0. The maximum Gasteiger partial charge on any atom is 0.0991 e. The van der Waals surface area contributed by atoms with Gasteiger partial charge in [-0.05, 0) is 110 Å². The second-order valence-electron chi connectivity index (χ2n) is 18.3. The molecule has 0 unspecified atom stereocenters. The third-order valence-electron chi connectivity index (χ3n) is 14.2. The summed E-state index contributed by atoms with van der Waals surface area (Å²) in [4.78, 5) is 0. The van der Waals surface area contributed by atoms with Crippen molar-refractivity contribution in [3.8, 4) is 90.3 Å². The standard InChI is InChI=1S/C68H42N4/c69-43-45-21-25-51(26-22-45)57-37-38-62(71-63-39-53(47-13-5-1-6-14-47)29-33-58(63)59-34-30-54(40-64(59)71)48-15-7-2-8-16-48)67(52-27-23-46(44-70)24-28-52)68(57)72-65-41-55(49-17-9-3-10-18-49)31-35-60(65)61-36-32-56(42-66(61)72)50-19-11-4-12-20-50/h1-42H. The summed E-state index contributed by atoms with van der Waals surface area (Å²) >= 11 is 0. The molecule has 11 aromatic carbocycles. The molecule has 13 aromatic rings. The van der Waals surface area contributed by atoms with E-state index in [0.717, 1.165) is 122 Å². The topological polar surface area (TPSA) is 57.4 Å². The molecule has 4 nitrogen and oxygen atoms in total. The van der Waals surface area contributed by atoms with E-state index in [-0.39, 0.29) is 0 Å². The van der Waals surface area contributed by atoms with Gasteiger partial charge in [0.25, 0.3) is 0 Å². The summed E-state index contributed by atoms with van der Waals surface area (Å²) in [5, 5.41) is 24.8. The van der Waals surface area contributed by atoms with Gasteiger partial charge in [0.1, 0.15) is 0 Å². The van der Waals surface area contributed by atoms with Crippen molar-refractivity contribution in [3.63, 3.8) is 0 Å². The van der Waals surface area contributed by atoms with Crippen LogP contribution in [0.15, 0.2) is 255 Å². The van der Waals surface area contributed by atoms with Crippen molar-refractivity contribution in [1.29, 1.82) is 10.5 Å². The SMILES string of the molecule is N#Cc1ccc(-c2ccc(-n3c4cc(-c5ccccc5)ccc4c4ccc(-c5ccccc5)cc43)c(-c3ccc(C#N)cc3)c2-n2c3cc(-c4ccccc4)ccc3c3ccc(-c4ccccc4)cc32)cc1. The van der Waals surface area contributed by atoms with Crippen molar-refractivity contribution in [2.45, 2.75) is 0 Å². The van der Waals surface area contributed by atoms with Crippen LogP contribution in [0.4, 0.5) is 0 Å². The van der Waals surface area contributed by atoms with E-state index in [1.165, 1.54) is 0 Å². The lowest BCUT2D eigenvalue weighted by Gasteiger charge is -2.24. The molecule has 0 saturated carbocycles. The van der Waals surface area contributed by atoms with Crippen LogP contribution in [-0.2, 0) is 0 Å². The van der Waals surface area contributed by atoms with Crippen LogP contribution in [0.2, 0.25) is 0 Å². The Kier molecular flexibility index (Phi) is 10.2. The third-order valence-corrected chi connectivity index (χ3v) is 14.2. The minimum atomic E-state index is 0.582. The third kappa shape index (κ3) is 7.14. The Morgan fingerprint density at radius 2 is 0.583 bits per heavy atom. The van der Waals surface area contributed by atoms with Crippen LogP contribution in [0.1, 0.15) is 11.1 Å². The molecule has 0 N–H and O–H groups in total. The number of aromatic nitrogens is 2. The Bertz CT molecular complexity index is 4090. The molecule has 0 bridgehead atoms. The first-order chi connectivity index (χ1) is 35.6. The van der Waals surface area contributed by atoms with E-state index in [1.807, 2.05) is 24.3 Å². The summed E-state index contributed by atoms with van der Waals surface area (Å²) in [6.07, 6.45) is 0. The first-order valence-corrected chi connectivity index (χ1v) is 24.2. The summed E-state index contributed by atoms with van der Waals surface area (Å²) in [5.41, 5.74) is 20.3. The van der Waals surface area contributed by atoms with Crippen molar-refractivity contribution in [2.24, 2.45) is 0 Å². The first kappa shape index (κ1) is 42.1. The highest BCUT2D eigenvalue weighted by atomic mass is 15.0. The highest BCUT2D eigenvalue weighted by molar-refractivity contribution is 6.15. The molecule has 0 fully saturated rings. The van der Waals surface area contributed by atoms with Crippen LogP contribution in [0, 0.1) is 22.7 Å². The molecule has 4 heteroatoms. The number of benzene rings is 11. The maximum absolute atomic E-state index is 10.2. The van der Waals surface area contributed by atoms with E-state index in [0.29, 0.717) is 11.1 Å². The first-order valence-electron chi connectivity index (χ1n) is 24.2. The quantitative estimate of drug-likeness (QED) is 0.152. The molecule has 0 radical (unpaired) electrons. The number of nitriles is 2. The predicted octanol–water partition coefficient (Wildman–Crippen LogP) is 17.6.